The Morgan fingerprint density at radius 1 is 0.839 bits per heavy atom. The summed E-state index contributed by atoms with van der Waals surface area (Å²) in [5, 5.41) is 5.51. The van der Waals surface area contributed by atoms with Crippen LogP contribution in [0.2, 0.25) is 0 Å². The number of rotatable bonds is 9. The normalized spacial score (nSPS) is 10.3. The molecule has 2 N–H and O–H groups in total. The summed E-state index contributed by atoms with van der Waals surface area (Å²) in [7, 11) is 1.53. The van der Waals surface area contributed by atoms with Gasteiger partial charge in [0.25, 0.3) is 5.91 Å². The minimum Gasteiger partial charge on any atom is -0.493 e. The maximum atomic E-state index is 13.2. The highest BCUT2D eigenvalue weighted by Gasteiger charge is 2.09. The second-order valence-electron chi connectivity index (χ2n) is 6.75. The smallest absolute Gasteiger partial charge is 0.262 e. The van der Waals surface area contributed by atoms with Crippen LogP contribution < -0.4 is 20.1 Å². The molecular formula is C24H23FN2O4. The van der Waals surface area contributed by atoms with Crippen molar-refractivity contribution in [2.24, 2.45) is 0 Å². The molecule has 0 saturated carbocycles. The van der Waals surface area contributed by atoms with E-state index in [4.69, 9.17) is 9.47 Å². The molecule has 0 unspecified atom stereocenters. The molecule has 31 heavy (non-hydrogen) atoms. The molecule has 0 spiro atoms. The third-order valence-corrected chi connectivity index (χ3v) is 4.39. The molecule has 0 bridgehead atoms. The molecule has 160 valence electrons. The first-order chi connectivity index (χ1) is 15.0. The number of nitrogens with one attached hydrogen (secondary N) is 2. The van der Waals surface area contributed by atoms with E-state index in [0.717, 1.165) is 5.56 Å². The lowest BCUT2D eigenvalue weighted by atomic mass is 10.1. The first-order valence-electron chi connectivity index (χ1n) is 9.73. The number of amides is 2. The number of para-hydroxylation sites is 2. The fourth-order valence-electron chi connectivity index (χ4n) is 2.93. The van der Waals surface area contributed by atoms with Crippen molar-refractivity contribution in [3.05, 3.63) is 84.2 Å². The second-order valence-corrected chi connectivity index (χ2v) is 6.75. The van der Waals surface area contributed by atoms with Crippen molar-refractivity contribution in [2.45, 2.75) is 12.8 Å². The van der Waals surface area contributed by atoms with Crippen molar-refractivity contribution >= 4 is 23.2 Å². The Morgan fingerprint density at radius 2 is 1.52 bits per heavy atom. The number of halogens is 1. The van der Waals surface area contributed by atoms with E-state index >= 15 is 0 Å². The van der Waals surface area contributed by atoms with Gasteiger partial charge in [0.15, 0.2) is 18.1 Å². The van der Waals surface area contributed by atoms with Gasteiger partial charge in [0.2, 0.25) is 5.91 Å². The third-order valence-electron chi connectivity index (χ3n) is 4.39. The molecule has 0 radical (unpaired) electrons. The highest BCUT2D eigenvalue weighted by atomic mass is 19.1. The van der Waals surface area contributed by atoms with Crippen molar-refractivity contribution in [3.63, 3.8) is 0 Å². The maximum absolute atomic E-state index is 13.2. The van der Waals surface area contributed by atoms with Crippen molar-refractivity contribution in [3.8, 4) is 11.5 Å². The molecule has 0 aliphatic heterocycles. The molecule has 3 aromatic carbocycles. The van der Waals surface area contributed by atoms with Gasteiger partial charge in [-0.25, -0.2) is 4.39 Å². The summed E-state index contributed by atoms with van der Waals surface area (Å²) in [4.78, 5) is 24.4. The highest BCUT2D eigenvalue weighted by Crippen LogP contribution is 2.25. The lowest BCUT2D eigenvalue weighted by Crippen LogP contribution is -2.20. The Morgan fingerprint density at radius 3 is 2.23 bits per heavy atom. The van der Waals surface area contributed by atoms with E-state index in [9.17, 15) is 14.0 Å². The number of hydrogen-bond donors (Lipinski definition) is 2. The molecule has 0 heterocycles. The van der Waals surface area contributed by atoms with Gasteiger partial charge in [-0.15, -0.1) is 0 Å². The molecule has 0 aromatic heterocycles. The van der Waals surface area contributed by atoms with Gasteiger partial charge in [0.05, 0.1) is 7.11 Å². The minimum atomic E-state index is -0.347. The largest absolute Gasteiger partial charge is 0.493 e. The van der Waals surface area contributed by atoms with Gasteiger partial charge in [0, 0.05) is 17.8 Å². The van der Waals surface area contributed by atoms with Crippen molar-refractivity contribution in [1.82, 2.24) is 0 Å². The number of hydrogen-bond acceptors (Lipinski definition) is 4. The number of carbonyl (C=O) groups is 2. The van der Waals surface area contributed by atoms with Gasteiger partial charge in [-0.3, -0.25) is 9.59 Å². The van der Waals surface area contributed by atoms with E-state index < -0.39 is 0 Å². The third kappa shape index (κ3) is 6.85. The van der Waals surface area contributed by atoms with Crippen molar-refractivity contribution in [1.29, 1.82) is 0 Å². The molecule has 3 aromatic rings. The second kappa shape index (κ2) is 10.8. The Balaban J connectivity index is 1.50. The van der Waals surface area contributed by atoms with Crippen molar-refractivity contribution < 1.29 is 23.5 Å². The van der Waals surface area contributed by atoms with Crippen LogP contribution in [0.5, 0.6) is 11.5 Å². The molecule has 2 amide bonds. The van der Waals surface area contributed by atoms with E-state index in [1.165, 1.54) is 19.2 Å². The van der Waals surface area contributed by atoms with E-state index in [0.29, 0.717) is 29.3 Å². The Bertz CT molecular complexity index is 1060. The number of ether oxygens (including phenoxy) is 2. The minimum absolute atomic E-state index is 0.190. The first kappa shape index (κ1) is 21.8. The van der Waals surface area contributed by atoms with E-state index in [1.54, 1.807) is 54.6 Å². The number of benzene rings is 3. The van der Waals surface area contributed by atoms with Gasteiger partial charge >= 0.3 is 0 Å². The summed E-state index contributed by atoms with van der Waals surface area (Å²) in [5.74, 6) is 0.140. The highest BCUT2D eigenvalue weighted by molar-refractivity contribution is 5.94. The summed E-state index contributed by atoms with van der Waals surface area (Å²) < 4.78 is 23.9. The first-order valence-corrected chi connectivity index (χ1v) is 9.73. The molecule has 7 heteroatoms. The van der Waals surface area contributed by atoms with Crippen LogP contribution >= 0.6 is 0 Å². The molecule has 6 nitrogen and oxygen atoms in total. The SMILES string of the molecule is COc1ccccc1OCC(=O)Nc1cccc(NC(=O)CCc2cccc(F)c2)c1. The number of carbonyl (C=O) groups excluding carboxylic acids is 2. The Labute approximate surface area is 180 Å². The van der Waals surface area contributed by atoms with Crippen LogP contribution in [0.1, 0.15) is 12.0 Å². The van der Waals surface area contributed by atoms with Gasteiger partial charge in [-0.05, 0) is 54.4 Å². The Hall–Kier alpha value is -3.87. The molecule has 0 saturated heterocycles. The summed E-state index contributed by atoms with van der Waals surface area (Å²) in [6.07, 6.45) is 0.646. The predicted octanol–water partition coefficient (Wildman–Crippen LogP) is 4.42. The lowest BCUT2D eigenvalue weighted by molar-refractivity contribution is -0.118. The van der Waals surface area contributed by atoms with Crippen LogP contribution in [0, 0.1) is 5.82 Å². The summed E-state index contributed by atoms with van der Waals surface area (Å²) in [6.45, 7) is -0.190. The number of anilines is 2. The van der Waals surface area contributed by atoms with Crippen LogP contribution in [0.4, 0.5) is 15.8 Å². The zero-order valence-electron chi connectivity index (χ0n) is 17.1. The lowest BCUT2D eigenvalue weighted by Gasteiger charge is -2.11. The molecule has 3 rings (SSSR count). The van der Waals surface area contributed by atoms with Crippen LogP contribution in [0.25, 0.3) is 0 Å². The zero-order valence-corrected chi connectivity index (χ0v) is 17.1. The summed E-state index contributed by atoms with van der Waals surface area (Å²) in [6, 6.07) is 20.0. The molecule has 0 aliphatic carbocycles. The fourth-order valence-corrected chi connectivity index (χ4v) is 2.93. The molecule has 0 fully saturated rings. The monoisotopic (exact) mass is 422 g/mol. The van der Waals surface area contributed by atoms with Crippen LogP contribution in [-0.2, 0) is 16.0 Å². The van der Waals surface area contributed by atoms with Crippen LogP contribution in [-0.4, -0.2) is 25.5 Å². The molecular weight excluding hydrogens is 399 g/mol. The van der Waals surface area contributed by atoms with Gasteiger partial charge in [0.1, 0.15) is 5.82 Å². The van der Waals surface area contributed by atoms with Crippen molar-refractivity contribution in [2.75, 3.05) is 24.4 Å². The van der Waals surface area contributed by atoms with Crippen LogP contribution in [0.15, 0.2) is 72.8 Å². The van der Waals surface area contributed by atoms with Gasteiger partial charge in [-0.1, -0.05) is 30.3 Å². The predicted molar refractivity (Wildman–Crippen MR) is 117 cm³/mol. The summed E-state index contributed by atoms with van der Waals surface area (Å²) in [5.41, 5.74) is 1.83. The average molecular weight is 422 g/mol. The quantitative estimate of drug-likeness (QED) is 0.535. The number of methoxy groups -OCH3 is 1. The molecule has 0 aliphatic rings. The van der Waals surface area contributed by atoms with Gasteiger partial charge in [-0.2, -0.15) is 0 Å². The van der Waals surface area contributed by atoms with E-state index in [1.807, 2.05) is 6.07 Å². The zero-order chi connectivity index (χ0) is 22.1. The van der Waals surface area contributed by atoms with Gasteiger partial charge < -0.3 is 20.1 Å². The maximum Gasteiger partial charge on any atom is 0.262 e. The van der Waals surface area contributed by atoms with Crippen LogP contribution in [0.3, 0.4) is 0 Å². The van der Waals surface area contributed by atoms with E-state index in [2.05, 4.69) is 10.6 Å². The summed E-state index contributed by atoms with van der Waals surface area (Å²) >= 11 is 0. The Kier molecular flexibility index (Phi) is 7.59. The number of aryl methyl sites for hydroxylation is 1. The standard InChI is InChI=1S/C24H23FN2O4/c1-30-21-10-2-3-11-22(21)31-16-24(29)27-20-9-5-8-19(15-20)26-23(28)13-12-17-6-4-7-18(25)14-17/h2-11,14-15H,12-13,16H2,1H3,(H,26,28)(H,27,29). The average Bonchev–Trinajstić information content (AvgIpc) is 2.77. The molecule has 0 atom stereocenters. The van der Waals surface area contributed by atoms with E-state index in [-0.39, 0.29) is 30.7 Å². The topological polar surface area (TPSA) is 76.7 Å². The fraction of sp³-hybridized carbons (Fsp3) is 0.167.